The Kier molecular flexibility index (Phi) is 8.07. The number of thioether (sulfide) groups is 1. The minimum Gasteiger partial charge on any atom is -0.489 e. The number of rotatable bonds is 10. The molecule has 0 saturated carbocycles. The van der Waals surface area contributed by atoms with Gasteiger partial charge in [0.15, 0.2) is 0 Å². The highest BCUT2D eigenvalue weighted by atomic mass is 32.2. The van der Waals surface area contributed by atoms with Crippen molar-refractivity contribution in [3.05, 3.63) is 125 Å². The first-order chi connectivity index (χ1) is 19.0. The zero-order valence-corrected chi connectivity index (χ0v) is 22.2. The Morgan fingerprint density at radius 1 is 1.10 bits per heavy atom. The van der Waals surface area contributed by atoms with E-state index in [1.807, 2.05) is 54.6 Å². The third kappa shape index (κ3) is 6.04. The Balaban J connectivity index is 1.42. The molecule has 5 rings (SSSR count). The average Bonchev–Trinajstić information content (AvgIpc) is 3.37. The first-order valence-corrected chi connectivity index (χ1v) is 13.4. The Labute approximate surface area is 230 Å². The second-order valence-electron chi connectivity index (χ2n) is 8.84. The molecule has 0 radical (unpaired) electrons. The molecule has 0 saturated heterocycles. The van der Waals surface area contributed by atoms with Crippen molar-refractivity contribution < 1.29 is 18.7 Å². The number of benzene rings is 3. The fraction of sp³-hybridized carbons (Fsp3) is 0.167. The van der Waals surface area contributed by atoms with Crippen LogP contribution in [0.5, 0.6) is 5.75 Å². The molecule has 2 heterocycles. The van der Waals surface area contributed by atoms with Gasteiger partial charge in [0.2, 0.25) is 11.1 Å². The number of halogens is 1. The van der Waals surface area contributed by atoms with E-state index in [9.17, 15) is 9.18 Å². The lowest BCUT2D eigenvalue weighted by Crippen LogP contribution is -2.29. The fourth-order valence-electron chi connectivity index (χ4n) is 4.22. The number of esters is 1. The van der Waals surface area contributed by atoms with Crippen LogP contribution in [0.3, 0.4) is 0 Å². The predicted octanol–water partition coefficient (Wildman–Crippen LogP) is 6.31. The van der Waals surface area contributed by atoms with Crippen molar-refractivity contribution in [2.24, 2.45) is 0 Å². The number of nitrogens with zero attached hydrogens (tertiary/aromatic N) is 3. The maximum Gasteiger partial charge on any atom is 0.338 e. The highest BCUT2D eigenvalue weighted by Gasteiger charge is 2.35. The minimum atomic E-state index is -0.586. The fourth-order valence-corrected chi connectivity index (χ4v) is 5.04. The summed E-state index contributed by atoms with van der Waals surface area (Å²) in [6.45, 7) is 5.97. The second-order valence-corrected chi connectivity index (χ2v) is 9.78. The number of anilines is 1. The average molecular weight is 543 g/mol. The molecule has 3 aromatic carbocycles. The molecule has 1 aliphatic rings. The van der Waals surface area contributed by atoms with Gasteiger partial charge in [-0.15, -0.1) is 5.10 Å². The number of carbonyl (C=O) groups excluding carboxylic acids is 1. The molecule has 1 unspecified atom stereocenters. The smallest absolute Gasteiger partial charge is 0.338 e. The van der Waals surface area contributed by atoms with Gasteiger partial charge >= 0.3 is 5.97 Å². The topological polar surface area (TPSA) is 78.3 Å². The van der Waals surface area contributed by atoms with Crippen molar-refractivity contribution in [3.63, 3.8) is 0 Å². The number of nitrogens with one attached hydrogen (secondary N) is 1. The normalized spacial score (nSPS) is 14.4. The monoisotopic (exact) mass is 542 g/mol. The Morgan fingerprint density at radius 3 is 2.59 bits per heavy atom. The molecule has 39 heavy (non-hydrogen) atoms. The van der Waals surface area contributed by atoms with Crippen molar-refractivity contribution in [1.82, 2.24) is 14.8 Å². The Morgan fingerprint density at radius 2 is 1.85 bits per heavy atom. The molecule has 198 valence electrons. The van der Waals surface area contributed by atoms with Crippen LogP contribution in [0.25, 0.3) is 0 Å². The molecule has 1 aliphatic heterocycles. The summed E-state index contributed by atoms with van der Waals surface area (Å²) >= 11 is 1.32. The van der Waals surface area contributed by atoms with E-state index in [4.69, 9.17) is 9.47 Å². The lowest BCUT2D eigenvalue weighted by molar-refractivity contribution is -0.138. The molecular weight excluding hydrogens is 515 g/mol. The standard InChI is InChI=1S/C30H27FN4O3S/c1-3-17-37-28(36)26-20(2)32-29-33-30(39-19-23-11-7-8-12-25(23)31)34-35(29)27(26)22-13-15-24(16-14-22)38-18-21-9-5-4-6-10-21/h3-16,27H,1,17-19H2,2H3,(H,32,33,34). The molecule has 1 N–H and O–H groups in total. The summed E-state index contributed by atoms with van der Waals surface area (Å²) in [7, 11) is 0. The van der Waals surface area contributed by atoms with Gasteiger partial charge in [-0.05, 0) is 41.8 Å². The molecule has 1 atom stereocenters. The van der Waals surface area contributed by atoms with E-state index in [1.165, 1.54) is 23.9 Å². The predicted molar refractivity (Wildman–Crippen MR) is 149 cm³/mol. The van der Waals surface area contributed by atoms with E-state index in [-0.39, 0.29) is 12.4 Å². The lowest BCUT2D eigenvalue weighted by atomic mass is 9.96. The second kappa shape index (κ2) is 12.0. The van der Waals surface area contributed by atoms with Crippen LogP contribution in [0, 0.1) is 5.82 Å². The third-order valence-electron chi connectivity index (χ3n) is 6.14. The number of fused-ring (bicyclic) bond motifs is 1. The molecule has 1 aromatic heterocycles. The summed E-state index contributed by atoms with van der Waals surface area (Å²) in [5, 5.41) is 8.33. The van der Waals surface area contributed by atoms with Crippen LogP contribution >= 0.6 is 11.8 Å². The van der Waals surface area contributed by atoms with Crippen LogP contribution in [0.2, 0.25) is 0 Å². The zero-order valence-electron chi connectivity index (χ0n) is 21.3. The number of ether oxygens (including phenoxy) is 2. The van der Waals surface area contributed by atoms with Gasteiger partial charge in [0.05, 0.1) is 5.57 Å². The van der Waals surface area contributed by atoms with E-state index in [2.05, 4.69) is 22.0 Å². The number of allylic oxidation sites excluding steroid dienone is 1. The lowest BCUT2D eigenvalue weighted by Gasteiger charge is -2.28. The van der Waals surface area contributed by atoms with Gasteiger partial charge < -0.3 is 14.8 Å². The number of hydrogen-bond acceptors (Lipinski definition) is 7. The molecular formula is C30H27FN4O3S. The minimum absolute atomic E-state index is 0.0859. The van der Waals surface area contributed by atoms with E-state index in [0.717, 1.165) is 11.1 Å². The van der Waals surface area contributed by atoms with E-state index in [1.54, 1.807) is 29.8 Å². The van der Waals surface area contributed by atoms with Crippen LogP contribution in [-0.2, 0) is 21.9 Å². The largest absolute Gasteiger partial charge is 0.489 e. The van der Waals surface area contributed by atoms with Gasteiger partial charge in [-0.3, -0.25) is 0 Å². The quantitative estimate of drug-likeness (QED) is 0.143. The van der Waals surface area contributed by atoms with Gasteiger partial charge in [-0.1, -0.05) is 85.1 Å². The van der Waals surface area contributed by atoms with Crippen molar-refractivity contribution in [3.8, 4) is 5.75 Å². The van der Waals surface area contributed by atoms with E-state index >= 15 is 0 Å². The number of carbonyl (C=O) groups is 1. The van der Waals surface area contributed by atoms with Crippen LogP contribution in [0.4, 0.5) is 10.3 Å². The molecule has 9 heteroatoms. The SMILES string of the molecule is C=CCOC(=O)C1=C(C)Nc2nc(SCc3ccccc3F)nn2C1c1ccc(OCc2ccccc2)cc1. The van der Waals surface area contributed by atoms with Crippen molar-refractivity contribution in [1.29, 1.82) is 0 Å². The Hall–Kier alpha value is -4.37. The summed E-state index contributed by atoms with van der Waals surface area (Å²) in [4.78, 5) is 17.8. The maximum absolute atomic E-state index is 14.1. The molecule has 7 nitrogen and oxygen atoms in total. The highest BCUT2D eigenvalue weighted by Crippen LogP contribution is 2.37. The highest BCUT2D eigenvalue weighted by molar-refractivity contribution is 7.98. The summed E-state index contributed by atoms with van der Waals surface area (Å²) in [5.41, 5.74) is 3.47. The van der Waals surface area contributed by atoms with Crippen LogP contribution in [-0.4, -0.2) is 27.3 Å². The van der Waals surface area contributed by atoms with Crippen LogP contribution in [0.1, 0.15) is 29.7 Å². The van der Waals surface area contributed by atoms with Crippen molar-refractivity contribution in [2.45, 2.75) is 30.5 Å². The van der Waals surface area contributed by atoms with Gasteiger partial charge in [0, 0.05) is 11.4 Å². The summed E-state index contributed by atoms with van der Waals surface area (Å²) in [6.07, 6.45) is 1.52. The molecule has 0 fully saturated rings. The Bertz CT molecular complexity index is 1500. The summed E-state index contributed by atoms with van der Waals surface area (Å²) < 4.78 is 27.2. The van der Waals surface area contributed by atoms with Gasteiger partial charge in [-0.25, -0.2) is 13.9 Å². The zero-order chi connectivity index (χ0) is 27.2. The van der Waals surface area contributed by atoms with Gasteiger partial charge in [-0.2, -0.15) is 4.98 Å². The molecule has 0 amide bonds. The molecule has 0 bridgehead atoms. The summed E-state index contributed by atoms with van der Waals surface area (Å²) in [5.74, 6) is 0.807. The first-order valence-electron chi connectivity index (χ1n) is 12.4. The molecule has 4 aromatic rings. The van der Waals surface area contributed by atoms with Crippen molar-refractivity contribution in [2.75, 3.05) is 11.9 Å². The van der Waals surface area contributed by atoms with Crippen LogP contribution < -0.4 is 10.1 Å². The number of hydrogen-bond donors (Lipinski definition) is 1. The first kappa shape index (κ1) is 26.2. The van der Waals surface area contributed by atoms with Crippen molar-refractivity contribution >= 4 is 23.7 Å². The van der Waals surface area contributed by atoms with Gasteiger partial charge in [0.1, 0.15) is 30.8 Å². The van der Waals surface area contributed by atoms with Gasteiger partial charge in [0.25, 0.3) is 0 Å². The maximum atomic E-state index is 14.1. The van der Waals surface area contributed by atoms with E-state index in [0.29, 0.717) is 46.0 Å². The summed E-state index contributed by atoms with van der Waals surface area (Å²) in [6, 6.07) is 23.5. The molecule has 0 spiro atoms. The third-order valence-corrected chi connectivity index (χ3v) is 7.03. The van der Waals surface area contributed by atoms with Crippen LogP contribution in [0.15, 0.2) is 108 Å². The number of aromatic nitrogens is 3. The molecule has 0 aliphatic carbocycles. The van der Waals surface area contributed by atoms with E-state index < -0.39 is 12.0 Å².